The predicted molar refractivity (Wildman–Crippen MR) is 90.5 cm³/mol. The molecule has 112 valence electrons. The van der Waals surface area contributed by atoms with Gasteiger partial charge in [0.1, 0.15) is 0 Å². The Morgan fingerprint density at radius 1 is 1.00 bits per heavy atom. The van der Waals surface area contributed by atoms with Crippen molar-refractivity contribution in [3.63, 3.8) is 0 Å². The minimum absolute atomic E-state index is 0.204. The van der Waals surface area contributed by atoms with Crippen molar-refractivity contribution in [2.45, 2.75) is 19.9 Å². The number of rotatable bonds is 5. The summed E-state index contributed by atoms with van der Waals surface area (Å²) in [7, 11) is 3.30. The first-order valence-electron chi connectivity index (χ1n) is 6.79. The summed E-state index contributed by atoms with van der Waals surface area (Å²) in [5.41, 5.74) is 3.40. The Bertz CT molecular complexity index is 611. The summed E-state index contributed by atoms with van der Waals surface area (Å²) < 4.78 is 11.8. The van der Waals surface area contributed by atoms with Gasteiger partial charge in [0.15, 0.2) is 11.5 Å². The maximum absolute atomic E-state index is 5.36. The van der Waals surface area contributed by atoms with Gasteiger partial charge in [0.2, 0.25) is 0 Å². The van der Waals surface area contributed by atoms with E-state index in [4.69, 9.17) is 9.47 Å². The van der Waals surface area contributed by atoms with Gasteiger partial charge in [-0.15, -0.1) is 0 Å². The first kappa shape index (κ1) is 15.7. The molecule has 0 aromatic heterocycles. The number of aryl methyl sites for hydroxylation is 1. The number of methoxy groups -OCH3 is 2. The molecule has 0 radical (unpaired) electrons. The number of halogens is 1. The fraction of sp³-hybridized carbons (Fsp3) is 0.294. The van der Waals surface area contributed by atoms with Gasteiger partial charge in [0.05, 0.1) is 14.2 Å². The fourth-order valence-electron chi connectivity index (χ4n) is 2.20. The van der Waals surface area contributed by atoms with Crippen molar-refractivity contribution in [2.24, 2.45) is 0 Å². The van der Waals surface area contributed by atoms with Gasteiger partial charge in [-0.25, -0.2) is 0 Å². The van der Waals surface area contributed by atoms with E-state index in [2.05, 4.69) is 59.4 Å². The van der Waals surface area contributed by atoms with E-state index in [1.807, 2.05) is 12.1 Å². The SMILES string of the molecule is COc1cc(C)c(NC(C)c2ccc(Br)cc2)cc1OC. The van der Waals surface area contributed by atoms with Crippen LogP contribution >= 0.6 is 15.9 Å². The van der Waals surface area contributed by atoms with E-state index in [-0.39, 0.29) is 6.04 Å². The van der Waals surface area contributed by atoms with Crippen LogP contribution in [0.4, 0.5) is 5.69 Å². The first-order chi connectivity index (χ1) is 10.0. The zero-order valence-electron chi connectivity index (χ0n) is 12.7. The van der Waals surface area contributed by atoms with Crippen molar-refractivity contribution in [3.8, 4) is 11.5 Å². The van der Waals surface area contributed by atoms with Gasteiger partial charge in [-0.05, 0) is 43.2 Å². The van der Waals surface area contributed by atoms with E-state index < -0.39 is 0 Å². The molecule has 0 saturated carbocycles. The number of hydrogen-bond acceptors (Lipinski definition) is 3. The van der Waals surface area contributed by atoms with E-state index in [0.29, 0.717) is 0 Å². The summed E-state index contributed by atoms with van der Waals surface area (Å²) in [6.07, 6.45) is 0. The first-order valence-corrected chi connectivity index (χ1v) is 7.59. The van der Waals surface area contributed by atoms with Gasteiger partial charge in [-0.3, -0.25) is 0 Å². The van der Waals surface area contributed by atoms with Gasteiger partial charge < -0.3 is 14.8 Å². The maximum atomic E-state index is 5.36. The Morgan fingerprint density at radius 3 is 2.14 bits per heavy atom. The molecule has 0 saturated heterocycles. The van der Waals surface area contributed by atoms with Crippen LogP contribution in [0.25, 0.3) is 0 Å². The van der Waals surface area contributed by atoms with Crippen LogP contribution in [0.1, 0.15) is 24.1 Å². The molecule has 0 aliphatic carbocycles. The summed E-state index contributed by atoms with van der Waals surface area (Å²) in [4.78, 5) is 0. The molecule has 0 aliphatic rings. The Labute approximate surface area is 134 Å². The Balaban J connectivity index is 2.24. The van der Waals surface area contributed by atoms with Crippen LogP contribution in [0, 0.1) is 6.92 Å². The molecule has 0 bridgehead atoms. The molecule has 3 nitrogen and oxygen atoms in total. The monoisotopic (exact) mass is 349 g/mol. The normalized spacial score (nSPS) is 11.9. The van der Waals surface area contributed by atoms with E-state index in [0.717, 1.165) is 27.2 Å². The van der Waals surface area contributed by atoms with Crippen LogP contribution in [-0.2, 0) is 0 Å². The minimum Gasteiger partial charge on any atom is -0.493 e. The van der Waals surface area contributed by atoms with Crippen LogP contribution in [0.3, 0.4) is 0 Å². The molecule has 1 N–H and O–H groups in total. The van der Waals surface area contributed by atoms with Gasteiger partial charge in [-0.1, -0.05) is 28.1 Å². The zero-order valence-corrected chi connectivity index (χ0v) is 14.3. The van der Waals surface area contributed by atoms with Crippen molar-refractivity contribution in [1.82, 2.24) is 0 Å². The number of anilines is 1. The smallest absolute Gasteiger partial charge is 0.162 e. The molecule has 0 fully saturated rings. The number of ether oxygens (including phenoxy) is 2. The zero-order chi connectivity index (χ0) is 15.4. The van der Waals surface area contributed by atoms with Crippen LogP contribution in [0.15, 0.2) is 40.9 Å². The predicted octanol–water partition coefficient (Wildman–Crippen LogP) is 4.95. The third-order valence-corrected chi connectivity index (χ3v) is 4.00. The van der Waals surface area contributed by atoms with Crippen molar-refractivity contribution < 1.29 is 9.47 Å². The second-order valence-corrected chi connectivity index (χ2v) is 5.86. The summed E-state index contributed by atoms with van der Waals surface area (Å²) in [5, 5.41) is 3.52. The second kappa shape index (κ2) is 6.85. The lowest BCUT2D eigenvalue weighted by molar-refractivity contribution is 0.355. The van der Waals surface area contributed by atoms with Gasteiger partial charge in [-0.2, -0.15) is 0 Å². The third-order valence-electron chi connectivity index (χ3n) is 3.47. The lowest BCUT2D eigenvalue weighted by Crippen LogP contribution is -2.08. The molecule has 4 heteroatoms. The maximum Gasteiger partial charge on any atom is 0.162 e. The van der Waals surface area contributed by atoms with E-state index >= 15 is 0 Å². The molecule has 1 atom stereocenters. The largest absolute Gasteiger partial charge is 0.493 e. The van der Waals surface area contributed by atoms with Crippen molar-refractivity contribution in [1.29, 1.82) is 0 Å². The standard InChI is InChI=1S/C17H20BrNO2/c1-11-9-16(20-3)17(21-4)10-15(11)19-12(2)13-5-7-14(18)8-6-13/h5-10,12,19H,1-4H3. The van der Waals surface area contributed by atoms with Crippen LogP contribution in [0.2, 0.25) is 0 Å². The molecule has 2 aromatic rings. The van der Waals surface area contributed by atoms with E-state index in [1.54, 1.807) is 14.2 Å². The molecule has 2 rings (SSSR count). The van der Waals surface area contributed by atoms with Gasteiger partial charge in [0, 0.05) is 22.3 Å². The van der Waals surface area contributed by atoms with Crippen molar-refractivity contribution in [3.05, 3.63) is 52.0 Å². The van der Waals surface area contributed by atoms with Gasteiger partial charge >= 0.3 is 0 Å². The van der Waals surface area contributed by atoms with E-state index in [9.17, 15) is 0 Å². The molecular weight excluding hydrogens is 330 g/mol. The molecule has 1 unspecified atom stereocenters. The molecule has 0 aliphatic heterocycles. The summed E-state index contributed by atoms with van der Waals surface area (Å²) in [6.45, 7) is 4.19. The lowest BCUT2D eigenvalue weighted by Gasteiger charge is -2.19. The van der Waals surface area contributed by atoms with Crippen LogP contribution < -0.4 is 14.8 Å². The second-order valence-electron chi connectivity index (χ2n) is 4.94. The molecule has 0 spiro atoms. The number of nitrogens with one attached hydrogen (secondary N) is 1. The lowest BCUT2D eigenvalue weighted by atomic mass is 10.1. The highest BCUT2D eigenvalue weighted by atomic mass is 79.9. The molecule has 2 aromatic carbocycles. The van der Waals surface area contributed by atoms with Crippen LogP contribution in [0.5, 0.6) is 11.5 Å². The highest BCUT2D eigenvalue weighted by molar-refractivity contribution is 9.10. The highest BCUT2D eigenvalue weighted by Gasteiger charge is 2.11. The Hall–Kier alpha value is -1.68. The third kappa shape index (κ3) is 3.70. The highest BCUT2D eigenvalue weighted by Crippen LogP contribution is 2.34. The Morgan fingerprint density at radius 2 is 1.57 bits per heavy atom. The van der Waals surface area contributed by atoms with Crippen molar-refractivity contribution in [2.75, 3.05) is 19.5 Å². The quantitative estimate of drug-likeness (QED) is 0.828. The van der Waals surface area contributed by atoms with Gasteiger partial charge in [0.25, 0.3) is 0 Å². The topological polar surface area (TPSA) is 30.5 Å². The average molecular weight is 350 g/mol. The van der Waals surface area contributed by atoms with E-state index in [1.165, 1.54) is 5.56 Å². The molecule has 0 amide bonds. The Kier molecular flexibility index (Phi) is 5.12. The fourth-order valence-corrected chi connectivity index (χ4v) is 2.47. The summed E-state index contributed by atoms with van der Waals surface area (Å²) in [6, 6.07) is 12.5. The molecule has 0 heterocycles. The average Bonchev–Trinajstić information content (AvgIpc) is 2.49. The molecular formula is C17H20BrNO2. The summed E-state index contributed by atoms with van der Waals surface area (Å²) in [5.74, 6) is 1.48. The summed E-state index contributed by atoms with van der Waals surface area (Å²) >= 11 is 3.46. The van der Waals surface area contributed by atoms with Crippen molar-refractivity contribution >= 4 is 21.6 Å². The minimum atomic E-state index is 0.204. The van der Waals surface area contributed by atoms with Crippen LogP contribution in [-0.4, -0.2) is 14.2 Å². The number of hydrogen-bond donors (Lipinski definition) is 1. The molecule has 21 heavy (non-hydrogen) atoms. The number of benzene rings is 2.